The van der Waals surface area contributed by atoms with Gasteiger partial charge in [-0.05, 0) is 29.7 Å². The lowest BCUT2D eigenvalue weighted by Crippen LogP contribution is -2.51. The van der Waals surface area contributed by atoms with Gasteiger partial charge in [-0.25, -0.2) is 4.79 Å². The molecule has 0 fully saturated rings. The van der Waals surface area contributed by atoms with Crippen molar-refractivity contribution < 1.29 is 19.4 Å². The second kappa shape index (κ2) is 9.01. The van der Waals surface area contributed by atoms with E-state index >= 15 is 0 Å². The minimum atomic E-state index is -1.07. The molecular weight excluding hydrogens is 332 g/mol. The summed E-state index contributed by atoms with van der Waals surface area (Å²) in [5.74, 6) is -0.770. The van der Waals surface area contributed by atoms with Crippen LogP contribution in [0.25, 0.3) is 0 Å². The zero-order valence-corrected chi connectivity index (χ0v) is 15.0. The molecule has 0 aliphatic carbocycles. The average molecular weight is 356 g/mol. The number of carboxylic acids is 1. The van der Waals surface area contributed by atoms with Crippen LogP contribution in [-0.4, -0.2) is 48.1 Å². The maximum absolute atomic E-state index is 12.6. The van der Waals surface area contributed by atoms with Gasteiger partial charge in [-0.2, -0.15) is 0 Å². The third-order valence-electron chi connectivity index (χ3n) is 4.30. The van der Waals surface area contributed by atoms with Gasteiger partial charge in [0.25, 0.3) is 0 Å². The monoisotopic (exact) mass is 356 g/mol. The van der Waals surface area contributed by atoms with Gasteiger partial charge in [0.05, 0.1) is 13.2 Å². The maximum Gasteiger partial charge on any atom is 0.326 e. The SMILES string of the molecule is COc1ccc(C[C@@H](C(=O)O)N(C)C(=O)[C@@H](N)Cc2ccccc2)cc1. The number of likely N-dealkylation sites (N-methyl/N-ethyl adjacent to an activating group) is 1. The highest BCUT2D eigenvalue weighted by atomic mass is 16.5. The lowest BCUT2D eigenvalue weighted by molar-refractivity contribution is -0.149. The van der Waals surface area contributed by atoms with Crippen LogP contribution >= 0.6 is 0 Å². The number of hydrogen-bond acceptors (Lipinski definition) is 4. The Morgan fingerprint density at radius 1 is 1.04 bits per heavy atom. The molecule has 0 saturated heterocycles. The Morgan fingerprint density at radius 3 is 2.15 bits per heavy atom. The smallest absolute Gasteiger partial charge is 0.326 e. The van der Waals surface area contributed by atoms with Gasteiger partial charge in [-0.1, -0.05) is 42.5 Å². The van der Waals surface area contributed by atoms with E-state index in [1.165, 1.54) is 11.9 Å². The van der Waals surface area contributed by atoms with Crippen LogP contribution in [0.3, 0.4) is 0 Å². The van der Waals surface area contributed by atoms with Crippen molar-refractivity contribution in [3.8, 4) is 5.75 Å². The Kier molecular flexibility index (Phi) is 6.74. The number of rotatable bonds is 8. The number of benzene rings is 2. The summed E-state index contributed by atoms with van der Waals surface area (Å²) in [6.07, 6.45) is 0.554. The molecule has 0 aromatic heterocycles. The molecule has 138 valence electrons. The van der Waals surface area contributed by atoms with Crippen molar-refractivity contribution >= 4 is 11.9 Å². The molecule has 3 N–H and O–H groups in total. The molecule has 2 rings (SSSR count). The summed E-state index contributed by atoms with van der Waals surface area (Å²) in [5, 5.41) is 9.57. The number of ether oxygens (including phenoxy) is 1. The third kappa shape index (κ3) is 5.07. The molecular formula is C20H24N2O4. The number of nitrogens with zero attached hydrogens (tertiary/aromatic N) is 1. The average Bonchev–Trinajstić information content (AvgIpc) is 2.66. The number of aliphatic carboxylic acids is 1. The quantitative estimate of drug-likeness (QED) is 0.751. The molecule has 1 amide bonds. The number of methoxy groups -OCH3 is 1. The topological polar surface area (TPSA) is 92.9 Å². The van der Waals surface area contributed by atoms with E-state index in [0.29, 0.717) is 12.2 Å². The van der Waals surface area contributed by atoms with E-state index in [0.717, 1.165) is 11.1 Å². The Hall–Kier alpha value is -2.86. The van der Waals surface area contributed by atoms with E-state index in [4.69, 9.17) is 10.5 Å². The van der Waals surface area contributed by atoms with Crippen molar-refractivity contribution in [1.82, 2.24) is 4.90 Å². The van der Waals surface area contributed by atoms with Gasteiger partial charge in [0.2, 0.25) is 5.91 Å². The normalized spacial score (nSPS) is 12.9. The van der Waals surface area contributed by atoms with Crippen molar-refractivity contribution in [3.63, 3.8) is 0 Å². The lowest BCUT2D eigenvalue weighted by Gasteiger charge is -2.27. The lowest BCUT2D eigenvalue weighted by atomic mass is 10.0. The molecule has 6 nitrogen and oxygen atoms in total. The fourth-order valence-corrected chi connectivity index (χ4v) is 2.75. The van der Waals surface area contributed by atoms with Crippen molar-refractivity contribution in [1.29, 1.82) is 0 Å². The van der Waals surface area contributed by atoms with Gasteiger partial charge >= 0.3 is 5.97 Å². The van der Waals surface area contributed by atoms with E-state index < -0.39 is 24.0 Å². The predicted octanol–water partition coefficient (Wildman–Crippen LogP) is 1.72. The zero-order chi connectivity index (χ0) is 19.1. The molecule has 26 heavy (non-hydrogen) atoms. The van der Waals surface area contributed by atoms with Crippen molar-refractivity contribution in [2.24, 2.45) is 5.73 Å². The summed E-state index contributed by atoms with van der Waals surface area (Å²) in [6.45, 7) is 0. The number of carboxylic acid groups (broad SMARTS) is 1. The summed E-state index contributed by atoms with van der Waals surface area (Å²) in [4.78, 5) is 25.5. The molecule has 0 aliphatic rings. The Labute approximate surface area is 153 Å². The van der Waals surface area contributed by atoms with Crippen LogP contribution in [0.4, 0.5) is 0 Å². The number of amides is 1. The molecule has 2 aromatic carbocycles. The Bertz CT molecular complexity index is 731. The van der Waals surface area contributed by atoms with E-state index in [1.54, 1.807) is 31.4 Å². The number of carbonyl (C=O) groups excluding carboxylic acids is 1. The largest absolute Gasteiger partial charge is 0.497 e. The molecule has 2 atom stereocenters. The fraction of sp³-hybridized carbons (Fsp3) is 0.300. The minimum absolute atomic E-state index is 0.194. The molecule has 0 spiro atoms. The van der Waals surface area contributed by atoms with Crippen LogP contribution < -0.4 is 10.5 Å². The second-order valence-electron chi connectivity index (χ2n) is 6.15. The number of nitrogens with two attached hydrogens (primary N) is 1. The molecule has 0 unspecified atom stereocenters. The van der Waals surface area contributed by atoms with Crippen LogP contribution in [-0.2, 0) is 22.4 Å². The highest BCUT2D eigenvalue weighted by molar-refractivity contribution is 5.87. The summed E-state index contributed by atoms with van der Waals surface area (Å²) in [5.41, 5.74) is 7.75. The number of hydrogen-bond donors (Lipinski definition) is 2. The fourth-order valence-electron chi connectivity index (χ4n) is 2.75. The highest BCUT2D eigenvalue weighted by Crippen LogP contribution is 2.15. The first-order valence-electron chi connectivity index (χ1n) is 8.34. The molecule has 0 heterocycles. The van der Waals surface area contributed by atoms with Gasteiger partial charge in [0.15, 0.2) is 0 Å². The van der Waals surface area contributed by atoms with E-state index in [1.807, 2.05) is 30.3 Å². The summed E-state index contributed by atoms with van der Waals surface area (Å²) in [6, 6.07) is 14.7. The Morgan fingerprint density at radius 2 is 1.62 bits per heavy atom. The van der Waals surface area contributed by atoms with E-state index in [9.17, 15) is 14.7 Å². The first-order chi connectivity index (χ1) is 12.4. The highest BCUT2D eigenvalue weighted by Gasteiger charge is 2.29. The van der Waals surface area contributed by atoms with Crippen LogP contribution in [0.2, 0.25) is 0 Å². The standard InChI is InChI=1S/C20H24N2O4/c1-22(19(23)17(21)12-14-6-4-3-5-7-14)18(20(24)25)13-15-8-10-16(26-2)11-9-15/h3-11,17-18H,12-13,21H2,1-2H3,(H,24,25)/t17-,18-/m0/s1. The molecule has 0 aliphatic heterocycles. The van der Waals surface area contributed by atoms with Gasteiger partial charge in [-0.15, -0.1) is 0 Å². The van der Waals surface area contributed by atoms with E-state index in [-0.39, 0.29) is 6.42 Å². The van der Waals surface area contributed by atoms with Crippen molar-refractivity contribution in [2.75, 3.05) is 14.2 Å². The molecule has 0 saturated carbocycles. The van der Waals surface area contributed by atoms with Crippen molar-refractivity contribution in [3.05, 3.63) is 65.7 Å². The zero-order valence-electron chi connectivity index (χ0n) is 15.0. The maximum atomic E-state index is 12.6. The van der Waals surface area contributed by atoms with Gasteiger partial charge in [0, 0.05) is 13.5 Å². The molecule has 6 heteroatoms. The van der Waals surface area contributed by atoms with Crippen LogP contribution in [0.15, 0.2) is 54.6 Å². The number of carbonyl (C=O) groups is 2. The summed E-state index contributed by atoms with van der Waals surface area (Å²) < 4.78 is 5.10. The predicted molar refractivity (Wildman–Crippen MR) is 99.0 cm³/mol. The van der Waals surface area contributed by atoms with E-state index in [2.05, 4.69) is 0 Å². The van der Waals surface area contributed by atoms with Crippen molar-refractivity contribution in [2.45, 2.75) is 24.9 Å². The summed E-state index contributed by atoms with van der Waals surface area (Å²) >= 11 is 0. The Balaban J connectivity index is 2.07. The third-order valence-corrected chi connectivity index (χ3v) is 4.30. The summed E-state index contributed by atoms with van der Waals surface area (Å²) in [7, 11) is 3.05. The minimum Gasteiger partial charge on any atom is -0.497 e. The first-order valence-corrected chi connectivity index (χ1v) is 8.34. The first kappa shape index (κ1) is 19.5. The van der Waals surface area contributed by atoms with Gasteiger partial charge in [0.1, 0.15) is 11.8 Å². The van der Waals surface area contributed by atoms with Crippen LogP contribution in [0.5, 0.6) is 5.75 Å². The van der Waals surface area contributed by atoms with Crippen LogP contribution in [0, 0.1) is 0 Å². The molecule has 2 aromatic rings. The molecule has 0 bridgehead atoms. The van der Waals surface area contributed by atoms with Gasteiger partial charge < -0.3 is 20.5 Å². The van der Waals surface area contributed by atoms with Crippen LogP contribution in [0.1, 0.15) is 11.1 Å². The second-order valence-corrected chi connectivity index (χ2v) is 6.15. The van der Waals surface area contributed by atoms with Gasteiger partial charge in [-0.3, -0.25) is 4.79 Å². The molecule has 0 radical (unpaired) electrons.